The van der Waals surface area contributed by atoms with Gasteiger partial charge in [0.15, 0.2) is 0 Å². The summed E-state index contributed by atoms with van der Waals surface area (Å²) in [6.45, 7) is 5.03. The first-order chi connectivity index (χ1) is 10.4. The molecule has 0 radical (unpaired) electrons. The Morgan fingerprint density at radius 2 is 1.95 bits per heavy atom. The summed E-state index contributed by atoms with van der Waals surface area (Å²) in [4.78, 5) is 4.56. The van der Waals surface area contributed by atoms with Gasteiger partial charge in [-0.2, -0.15) is 4.31 Å². The van der Waals surface area contributed by atoms with Crippen LogP contribution >= 0.6 is 0 Å². The van der Waals surface area contributed by atoms with Gasteiger partial charge in [-0.05, 0) is 37.1 Å². The summed E-state index contributed by atoms with van der Waals surface area (Å²) >= 11 is 0. The van der Waals surface area contributed by atoms with Crippen LogP contribution in [0.5, 0.6) is 5.75 Å². The van der Waals surface area contributed by atoms with Crippen LogP contribution in [0.25, 0.3) is 0 Å². The summed E-state index contributed by atoms with van der Waals surface area (Å²) < 4.78 is 34.6. The van der Waals surface area contributed by atoms with E-state index in [1.165, 1.54) is 4.31 Å². The number of rotatable bonds is 3. The second-order valence-electron chi connectivity index (χ2n) is 5.46. The second kappa shape index (κ2) is 5.40. The Balaban J connectivity index is 1.99. The van der Waals surface area contributed by atoms with Gasteiger partial charge < -0.3 is 9.30 Å². The molecule has 0 unspecified atom stereocenters. The van der Waals surface area contributed by atoms with E-state index in [1.807, 2.05) is 17.7 Å². The lowest BCUT2D eigenvalue weighted by molar-refractivity contribution is 0.335. The van der Waals surface area contributed by atoms with Crippen molar-refractivity contribution < 1.29 is 13.2 Å². The van der Waals surface area contributed by atoms with Crippen LogP contribution < -0.4 is 4.74 Å². The number of ether oxygens (including phenoxy) is 1. The standard InChI is InChI=1S/C15H19N3O3S/c1-11-9-14(12(2)8-13(11)21-3)22(19,20)18-7-6-17-5-4-16-15(17)10-18/h4-5,8-9H,6-7,10H2,1-3H3. The zero-order chi connectivity index (χ0) is 15.9. The molecular weight excluding hydrogens is 302 g/mol. The van der Waals surface area contributed by atoms with Crippen LogP contribution in [0, 0.1) is 13.8 Å². The molecule has 0 N–H and O–H groups in total. The number of nitrogens with zero attached hydrogens (tertiary/aromatic N) is 3. The highest BCUT2D eigenvalue weighted by atomic mass is 32.2. The second-order valence-corrected chi connectivity index (χ2v) is 7.37. The topological polar surface area (TPSA) is 64.4 Å². The number of aryl methyl sites for hydroxylation is 2. The average Bonchev–Trinajstić information content (AvgIpc) is 2.96. The Morgan fingerprint density at radius 3 is 2.68 bits per heavy atom. The van der Waals surface area contributed by atoms with Gasteiger partial charge in [0.05, 0.1) is 18.6 Å². The minimum absolute atomic E-state index is 0.305. The molecule has 0 saturated carbocycles. The van der Waals surface area contributed by atoms with Gasteiger partial charge in [-0.15, -0.1) is 0 Å². The van der Waals surface area contributed by atoms with Gasteiger partial charge in [0.25, 0.3) is 0 Å². The van der Waals surface area contributed by atoms with Gasteiger partial charge in [-0.1, -0.05) is 0 Å². The number of methoxy groups -OCH3 is 1. The van der Waals surface area contributed by atoms with Gasteiger partial charge in [0.1, 0.15) is 11.6 Å². The largest absolute Gasteiger partial charge is 0.496 e. The molecule has 0 spiro atoms. The van der Waals surface area contributed by atoms with E-state index in [-0.39, 0.29) is 0 Å². The SMILES string of the molecule is COc1cc(C)c(S(=O)(=O)N2CCn3ccnc3C2)cc1C. The summed E-state index contributed by atoms with van der Waals surface area (Å²) in [6.07, 6.45) is 3.58. The zero-order valence-corrected chi connectivity index (χ0v) is 13.7. The Morgan fingerprint density at radius 1 is 1.18 bits per heavy atom. The van der Waals surface area contributed by atoms with Crippen LogP contribution in [0.1, 0.15) is 17.0 Å². The van der Waals surface area contributed by atoms with Gasteiger partial charge in [0.2, 0.25) is 10.0 Å². The molecule has 0 aliphatic carbocycles. The maximum Gasteiger partial charge on any atom is 0.243 e. The van der Waals surface area contributed by atoms with Crippen molar-refractivity contribution in [2.45, 2.75) is 31.8 Å². The van der Waals surface area contributed by atoms with Crippen molar-refractivity contribution in [1.29, 1.82) is 0 Å². The van der Waals surface area contributed by atoms with Crippen molar-refractivity contribution in [2.75, 3.05) is 13.7 Å². The van der Waals surface area contributed by atoms with Gasteiger partial charge in [-0.3, -0.25) is 0 Å². The minimum atomic E-state index is -3.54. The van der Waals surface area contributed by atoms with E-state index in [1.54, 1.807) is 32.4 Å². The molecule has 3 rings (SSSR count). The molecule has 0 amide bonds. The van der Waals surface area contributed by atoms with Crippen LogP contribution in [0.3, 0.4) is 0 Å². The Hall–Kier alpha value is -1.86. The first kappa shape index (κ1) is 15.1. The quantitative estimate of drug-likeness (QED) is 0.863. The van der Waals surface area contributed by atoms with Gasteiger partial charge in [0, 0.05) is 25.5 Å². The Bertz CT molecular complexity index is 811. The third kappa shape index (κ3) is 2.40. The molecule has 1 aliphatic rings. The van der Waals surface area contributed by atoms with Crippen molar-refractivity contribution in [2.24, 2.45) is 0 Å². The fraction of sp³-hybridized carbons (Fsp3) is 0.400. The van der Waals surface area contributed by atoms with E-state index in [4.69, 9.17) is 4.74 Å². The highest BCUT2D eigenvalue weighted by Gasteiger charge is 2.30. The summed E-state index contributed by atoms with van der Waals surface area (Å²) in [5.74, 6) is 1.48. The molecule has 2 heterocycles. The van der Waals surface area contributed by atoms with Crippen LogP contribution in [-0.2, 0) is 23.1 Å². The molecule has 7 heteroatoms. The zero-order valence-electron chi connectivity index (χ0n) is 12.9. The molecule has 0 saturated heterocycles. The fourth-order valence-corrected chi connectivity index (χ4v) is 4.43. The Kier molecular flexibility index (Phi) is 3.70. The normalized spacial score (nSPS) is 15.6. The highest BCUT2D eigenvalue weighted by molar-refractivity contribution is 7.89. The maximum atomic E-state index is 12.9. The van der Waals surface area contributed by atoms with E-state index < -0.39 is 10.0 Å². The summed E-state index contributed by atoms with van der Waals surface area (Å²) in [5, 5.41) is 0. The van der Waals surface area contributed by atoms with Crippen LogP contribution in [0.4, 0.5) is 0 Å². The smallest absolute Gasteiger partial charge is 0.243 e. The van der Waals surface area contributed by atoms with Crippen molar-refractivity contribution in [3.8, 4) is 5.75 Å². The lowest BCUT2D eigenvalue weighted by Gasteiger charge is -2.27. The van der Waals surface area contributed by atoms with Crippen LogP contribution in [0.15, 0.2) is 29.4 Å². The van der Waals surface area contributed by atoms with E-state index in [0.717, 1.165) is 11.4 Å². The van der Waals surface area contributed by atoms with Crippen LogP contribution in [-0.4, -0.2) is 35.9 Å². The first-order valence-electron chi connectivity index (χ1n) is 7.09. The van der Waals surface area contributed by atoms with Crippen molar-refractivity contribution in [3.05, 3.63) is 41.5 Å². The van der Waals surface area contributed by atoms with Gasteiger partial charge in [-0.25, -0.2) is 13.4 Å². The van der Waals surface area contributed by atoms with Crippen molar-refractivity contribution in [1.82, 2.24) is 13.9 Å². The maximum absolute atomic E-state index is 12.9. The number of imidazole rings is 1. The molecule has 0 bridgehead atoms. The predicted octanol–water partition coefficient (Wildman–Crippen LogP) is 1.71. The van der Waals surface area contributed by atoms with E-state index >= 15 is 0 Å². The lowest BCUT2D eigenvalue weighted by Crippen LogP contribution is -2.38. The molecule has 1 aliphatic heterocycles. The minimum Gasteiger partial charge on any atom is -0.496 e. The van der Waals surface area contributed by atoms with Crippen molar-refractivity contribution >= 4 is 10.0 Å². The molecule has 22 heavy (non-hydrogen) atoms. The van der Waals surface area contributed by atoms with Crippen molar-refractivity contribution in [3.63, 3.8) is 0 Å². The summed E-state index contributed by atoms with van der Waals surface area (Å²) in [7, 11) is -1.95. The number of sulfonamides is 1. The molecule has 6 nitrogen and oxygen atoms in total. The summed E-state index contributed by atoms with van der Waals surface area (Å²) in [5.41, 5.74) is 1.50. The van der Waals surface area contributed by atoms with E-state index in [2.05, 4.69) is 4.98 Å². The molecule has 118 valence electrons. The number of hydrogen-bond donors (Lipinski definition) is 0. The number of hydrogen-bond acceptors (Lipinski definition) is 4. The van der Waals surface area contributed by atoms with Gasteiger partial charge >= 0.3 is 0 Å². The van der Waals surface area contributed by atoms with E-state index in [0.29, 0.717) is 35.8 Å². The average molecular weight is 321 g/mol. The number of fused-ring (bicyclic) bond motifs is 1. The Labute approximate surface area is 130 Å². The molecular formula is C15H19N3O3S. The third-order valence-corrected chi connectivity index (χ3v) is 6.01. The number of benzene rings is 1. The van der Waals surface area contributed by atoms with E-state index in [9.17, 15) is 8.42 Å². The first-order valence-corrected chi connectivity index (χ1v) is 8.53. The molecule has 1 aromatic heterocycles. The monoisotopic (exact) mass is 321 g/mol. The predicted molar refractivity (Wildman–Crippen MR) is 82.3 cm³/mol. The number of aromatic nitrogens is 2. The molecule has 1 aromatic carbocycles. The molecule has 0 fully saturated rings. The fourth-order valence-electron chi connectivity index (χ4n) is 2.76. The van der Waals surface area contributed by atoms with Crippen LogP contribution in [0.2, 0.25) is 0 Å². The summed E-state index contributed by atoms with van der Waals surface area (Å²) in [6, 6.07) is 3.46. The molecule has 0 atom stereocenters. The highest BCUT2D eigenvalue weighted by Crippen LogP contribution is 2.29. The lowest BCUT2D eigenvalue weighted by atomic mass is 10.1. The molecule has 2 aromatic rings. The third-order valence-electron chi connectivity index (χ3n) is 4.02.